The fourth-order valence-corrected chi connectivity index (χ4v) is 2.11. The fraction of sp³-hybridized carbons (Fsp3) is 0.588. The van der Waals surface area contributed by atoms with E-state index in [2.05, 4.69) is 32.2 Å². The van der Waals surface area contributed by atoms with Gasteiger partial charge in [0.05, 0.1) is 0 Å². The van der Waals surface area contributed by atoms with Crippen molar-refractivity contribution in [2.75, 3.05) is 6.54 Å². The van der Waals surface area contributed by atoms with Crippen molar-refractivity contribution in [3.05, 3.63) is 29.3 Å². The van der Waals surface area contributed by atoms with Gasteiger partial charge in [0, 0.05) is 12.1 Å². The monoisotopic (exact) mass is 328 g/mol. The van der Waals surface area contributed by atoms with E-state index in [0.29, 0.717) is 18.2 Å². The zero-order chi connectivity index (χ0) is 16.2. The highest BCUT2D eigenvalue weighted by atomic mass is 35.5. The van der Waals surface area contributed by atoms with Crippen LogP contribution in [0.15, 0.2) is 18.2 Å². The predicted molar refractivity (Wildman–Crippen MR) is 93.9 cm³/mol. The van der Waals surface area contributed by atoms with Gasteiger partial charge in [-0.05, 0) is 56.9 Å². The van der Waals surface area contributed by atoms with Crippen molar-refractivity contribution in [2.45, 2.75) is 59.1 Å². The van der Waals surface area contributed by atoms with Crippen molar-refractivity contribution in [1.82, 2.24) is 5.32 Å². The average Bonchev–Trinajstić information content (AvgIpc) is 2.37. The average molecular weight is 329 g/mol. The van der Waals surface area contributed by atoms with E-state index in [0.717, 1.165) is 0 Å². The molecule has 0 saturated carbocycles. The van der Waals surface area contributed by atoms with Crippen molar-refractivity contribution in [3.8, 4) is 5.75 Å². The Morgan fingerprint density at radius 2 is 1.91 bits per heavy atom. The summed E-state index contributed by atoms with van der Waals surface area (Å²) in [6.07, 6.45) is -0.555. The van der Waals surface area contributed by atoms with Gasteiger partial charge in [-0.15, -0.1) is 12.4 Å². The SMILES string of the molecule is Cc1cc(OC(C)C(=O)NC(C)(C)CN)ccc1C(C)C.Cl. The third-order valence-corrected chi connectivity index (χ3v) is 3.52. The van der Waals surface area contributed by atoms with E-state index in [-0.39, 0.29) is 18.3 Å². The smallest absolute Gasteiger partial charge is 0.261 e. The lowest BCUT2D eigenvalue weighted by Crippen LogP contribution is -2.52. The van der Waals surface area contributed by atoms with Crippen LogP contribution in [0.3, 0.4) is 0 Å². The molecule has 1 amide bonds. The van der Waals surface area contributed by atoms with Crippen LogP contribution in [0.2, 0.25) is 0 Å². The largest absolute Gasteiger partial charge is 0.481 e. The highest BCUT2D eigenvalue weighted by molar-refractivity contribution is 5.85. The molecule has 1 atom stereocenters. The molecule has 22 heavy (non-hydrogen) atoms. The number of halogens is 1. The van der Waals surface area contributed by atoms with E-state index in [1.165, 1.54) is 11.1 Å². The van der Waals surface area contributed by atoms with Crippen LogP contribution in [-0.4, -0.2) is 24.1 Å². The summed E-state index contributed by atoms with van der Waals surface area (Å²) in [5.41, 5.74) is 7.67. The zero-order valence-electron chi connectivity index (χ0n) is 14.4. The molecule has 0 bridgehead atoms. The number of carbonyl (C=O) groups excluding carboxylic acids is 1. The number of nitrogens with one attached hydrogen (secondary N) is 1. The molecule has 0 saturated heterocycles. The Hall–Kier alpha value is -1.26. The predicted octanol–water partition coefficient (Wildman–Crippen LogP) is 3.16. The summed E-state index contributed by atoms with van der Waals surface area (Å²) in [7, 11) is 0. The van der Waals surface area contributed by atoms with Crippen LogP contribution >= 0.6 is 12.4 Å². The van der Waals surface area contributed by atoms with Gasteiger partial charge in [-0.25, -0.2) is 0 Å². The van der Waals surface area contributed by atoms with E-state index in [4.69, 9.17) is 10.5 Å². The number of carbonyl (C=O) groups is 1. The first kappa shape index (κ1) is 20.7. The number of hydrogen-bond donors (Lipinski definition) is 2. The number of rotatable bonds is 6. The molecule has 0 heterocycles. The molecule has 1 rings (SSSR count). The molecule has 126 valence electrons. The molecule has 0 aromatic heterocycles. The Kier molecular flexibility index (Phi) is 7.91. The lowest BCUT2D eigenvalue weighted by atomic mass is 9.98. The van der Waals surface area contributed by atoms with Crippen LogP contribution in [0.1, 0.15) is 51.7 Å². The standard InChI is InChI=1S/C17H28N2O2.ClH/c1-11(2)15-8-7-14(9-12(15)3)21-13(4)16(20)19-17(5,6)10-18;/h7-9,11,13H,10,18H2,1-6H3,(H,19,20);1H. The highest BCUT2D eigenvalue weighted by Gasteiger charge is 2.23. The molecular formula is C17H29ClN2O2. The van der Waals surface area contributed by atoms with Gasteiger partial charge in [-0.1, -0.05) is 19.9 Å². The summed E-state index contributed by atoms with van der Waals surface area (Å²) >= 11 is 0. The highest BCUT2D eigenvalue weighted by Crippen LogP contribution is 2.24. The molecule has 0 aliphatic carbocycles. The Labute approximate surface area is 140 Å². The zero-order valence-corrected chi connectivity index (χ0v) is 15.2. The summed E-state index contributed by atoms with van der Waals surface area (Å²) in [6.45, 7) is 12.3. The molecule has 1 aromatic carbocycles. The Balaban J connectivity index is 0.00000441. The van der Waals surface area contributed by atoms with Crippen LogP contribution < -0.4 is 15.8 Å². The van der Waals surface area contributed by atoms with Gasteiger partial charge in [0.2, 0.25) is 0 Å². The molecule has 5 heteroatoms. The maximum atomic E-state index is 12.1. The topological polar surface area (TPSA) is 64.3 Å². The van der Waals surface area contributed by atoms with E-state index in [9.17, 15) is 4.79 Å². The van der Waals surface area contributed by atoms with E-state index < -0.39 is 11.6 Å². The van der Waals surface area contributed by atoms with Gasteiger partial charge in [-0.3, -0.25) is 4.79 Å². The molecule has 0 spiro atoms. The van der Waals surface area contributed by atoms with Crippen molar-refractivity contribution in [2.24, 2.45) is 5.73 Å². The molecule has 1 unspecified atom stereocenters. The van der Waals surface area contributed by atoms with Crippen molar-refractivity contribution < 1.29 is 9.53 Å². The Morgan fingerprint density at radius 1 is 1.32 bits per heavy atom. The molecule has 0 fully saturated rings. The maximum Gasteiger partial charge on any atom is 0.261 e. The first-order chi connectivity index (χ1) is 9.66. The number of amides is 1. The van der Waals surface area contributed by atoms with E-state index >= 15 is 0 Å². The van der Waals surface area contributed by atoms with Crippen molar-refractivity contribution >= 4 is 18.3 Å². The fourth-order valence-electron chi connectivity index (χ4n) is 2.11. The molecule has 0 radical (unpaired) electrons. The number of nitrogens with two attached hydrogens (primary N) is 1. The second-order valence-corrected chi connectivity index (χ2v) is 6.51. The lowest BCUT2D eigenvalue weighted by molar-refractivity contribution is -0.128. The third kappa shape index (κ3) is 5.85. The van der Waals surface area contributed by atoms with Gasteiger partial charge >= 0.3 is 0 Å². The Morgan fingerprint density at radius 3 is 2.36 bits per heavy atom. The van der Waals surface area contributed by atoms with Crippen LogP contribution in [0.5, 0.6) is 5.75 Å². The number of benzene rings is 1. The minimum absolute atomic E-state index is 0. The van der Waals surface area contributed by atoms with Gasteiger partial charge in [0.1, 0.15) is 5.75 Å². The van der Waals surface area contributed by atoms with Gasteiger partial charge in [0.25, 0.3) is 5.91 Å². The third-order valence-electron chi connectivity index (χ3n) is 3.52. The summed E-state index contributed by atoms with van der Waals surface area (Å²) in [4.78, 5) is 12.1. The lowest BCUT2D eigenvalue weighted by Gasteiger charge is -2.26. The molecule has 0 aliphatic heterocycles. The first-order valence-electron chi connectivity index (χ1n) is 7.45. The second-order valence-electron chi connectivity index (χ2n) is 6.51. The van der Waals surface area contributed by atoms with Gasteiger partial charge < -0.3 is 15.8 Å². The van der Waals surface area contributed by atoms with Crippen LogP contribution in [0, 0.1) is 6.92 Å². The maximum absolute atomic E-state index is 12.1. The minimum atomic E-state index is -0.555. The van der Waals surface area contributed by atoms with E-state index in [1.807, 2.05) is 26.0 Å². The number of hydrogen-bond acceptors (Lipinski definition) is 3. The molecule has 3 N–H and O–H groups in total. The van der Waals surface area contributed by atoms with Gasteiger partial charge in [0.15, 0.2) is 6.10 Å². The summed E-state index contributed by atoms with van der Waals surface area (Å²) < 4.78 is 5.73. The normalized spacial score (nSPS) is 12.5. The van der Waals surface area contributed by atoms with Crippen LogP contribution in [0.25, 0.3) is 0 Å². The van der Waals surface area contributed by atoms with Crippen molar-refractivity contribution in [1.29, 1.82) is 0 Å². The van der Waals surface area contributed by atoms with E-state index in [1.54, 1.807) is 6.92 Å². The molecule has 1 aromatic rings. The molecular weight excluding hydrogens is 300 g/mol. The minimum Gasteiger partial charge on any atom is -0.481 e. The number of ether oxygens (including phenoxy) is 1. The quantitative estimate of drug-likeness (QED) is 0.843. The summed E-state index contributed by atoms with van der Waals surface area (Å²) in [5, 5.41) is 2.88. The first-order valence-corrected chi connectivity index (χ1v) is 7.45. The molecule has 0 aliphatic rings. The van der Waals surface area contributed by atoms with Crippen molar-refractivity contribution in [3.63, 3.8) is 0 Å². The number of aryl methyl sites for hydroxylation is 1. The summed E-state index contributed by atoms with van der Waals surface area (Å²) in [5.74, 6) is 1.03. The second kappa shape index (κ2) is 8.39. The molecule has 4 nitrogen and oxygen atoms in total. The van der Waals surface area contributed by atoms with Crippen LogP contribution in [0.4, 0.5) is 0 Å². The Bertz CT molecular complexity index is 501. The van der Waals surface area contributed by atoms with Crippen LogP contribution in [-0.2, 0) is 4.79 Å². The summed E-state index contributed by atoms with van der Waals surface area (Å²) in [6, 6.07) is 5.96. The van der Waals surface area contributed by atoms with Gasteiger partial charge in [-0.2, -0.15) is 0 Å².